The van der Waals surface area contributed by atoms with E-state index in [1.54, 1.807) is 0 Å². The predicted octanol–water partition coefficient (Wildman–Crippen LogP) is 1.53. The highest BCUT2D eigenvalue weighted by Crippen LogP contribution is 2.18. The van der Waals surface area contributed by atoms with Crippen LogP contribution >= 0.6 is 0 Å². The lowest BCUT2D eigenvalue weighted by Gasteiger charge is -2.26. The molecule has 0 N–H and O–H groups in total. The molecule has 25 heavy (non-hydrogen) atoms. The largest absolute Gasteiger partial charge is 0.403 e. The highest BCUT2D eigenvalue weighted by Gasteiger charge is 2.17. The van der Waals surface area contributed by atoms with Gasteiger partial charge in [-0.25, -0.2) is 0 Å². The summed E-state index contributed by atoms with van der Waals surface area (Å²) in [5.41, 5.74) is 2.06. The molecule has 3 heterocycles. The average molecular weight is 340 g/mol. The molecule has 1 aliphatic rings. The molecule has 2 aromatic heterocycles. The number of fused-ring (bicyclic) bond motifs is 1. The maximum atomic E-state index is 12.8. The fourth-order valence-corrected chi connectivity index (χ4v) is 3.06. The van der Waals surface area contributed by atoms with Crippen molar-refractivity contribution in [3.05, 3.63) is 51.9 Å². The Labute approximate surface area is 144 Å². The summed E-state index contributed by atoms with van der Waals surface area (Å²) in [7, 11) is 0. The van der Waals surface area contributed by atoms with Gasteiger partial charge in [0.25, 0.3) is 5.56 Å². The first-order valence-corrected chi connectivity index (χ1v) is 8.47. The van der Waals surface area contributed by atoms with Gasteiger partial charge in [-0.05, 0) is 25.5 Å². The molecule has 0 aliphatic carbocycles. The van der Waals surface area contributed by atoms with Gasteiger partial charge < -0.3 is 9.15 Å². The summed E-state index contributed by atoms with van der Waals surface area (Å²) < 4.78 is 12.3. The summed E-state index contributed by atoms with van der Waals surface area (Å²) in [5.74, 6) is 0.631. The summed E-state index contributed by atoms with van der Waals surface area (Å²) in [6, 6.07) is 9.51. The normalized spacial score (nSPS) is 15.7. The van der Waals surface area contributed by atoms with Crippen molar-refractivity contribution in [2.45, 2.75) is 13.3 Å². The lowest BCUT2D eigenvalue weighted by Crippen LogP contribution is -2.38. The standard InChI is InChI=1S/C18H20N4O3/c1-13-15(7-8-21-9-11-24-12-10-21)17(23)22-18(19-13)25-16(20-22)14-5-3-2-4-6-14/h2-6H,7-12H2,1H3. The first kappa shape index (κ1) is 16.0. The van der Waals surface area contributed by atoms with Crippen LogP contribution in [0.5, 0.6) is 0 Å². The Morgan fingerprint density at radius 3 is 2.68 bits per heavy atom. The van der Waals surface area contributed by atoms with Crippen molar-refractivity contribution in [1.29, 1.82) is 0 Å². The Morgan fingerprint density at radius 1 is 1.16 bits per heavy atom. The Kier molecular flexibility index (Phi) is 4.33. The second-order valence-electron chi connectivity index (χ2n) is 6.15. The summed E-state index contributed by atoms with van der Waals surface area (Å²) >= 11 is 0. The third-order valence-electron chi connectivity index (χ3n) is 4.51. The minimum Gasteiger partial charge on any atom is -0.403 e. The van der Waals surface area contributed by atoms with Gasteiger partial charge in [-0.2, -0.15) is 4.98 Å². The lowest BCUT2D eigenvalue weighted by molar-refractivity contribution is 0.0384. The zero-order valence-electron chi connectivity index (χ0n) is 14.1. The molecule has 130 valence electrons. The molecule has 7 heteroatoms. The fraction of sp³-hybridized carbons (Fsp3) is 0.389. The number of nitrogens with zero attached hydrogens (tertiary/aromatic N) is 4. The number of rotatable bonds is 4. The second-order valence-corrected chi connectivity index (χ2v) is 6.15. The van der Waals surface area contributed by atoms with E-state index in [9.17, 15) is 4.79 Å². The first-order chi connectivity index (χ1) is 12.2. The van der Waals surface area contributed by atoms with E-state index in [1.165, 1.54) is 4.52 Å². The molecule has 1 aliphatic heterocycles. The minimum atomic E-state index is -0.151. The molecule has 1 saturated heterocycles. The molecule has 0 atom stereocenters. The number of aromatic nitrogens is 3. The topological polar surface area (TPSA) is 72.9 Å². The van der Waals surface area contributed by atoms with Crippen LogP contribution in [-0.2, 0) is 11.2 Å². The predicted molar refractivity (Wildman–Crippen MR) is 92.7 cm³/mol. The molecule has 3 aromatic rings. The molecule has 4 rings (SSSR count). The van der Waals surface area contributed by atoms with Crippen molar-refractivity contribution in [2.24, 2.45) is 0 Å². The molecule has 0 spiro atoms. The van der Waals surface area contributed by atoms with Crippen molar-refractivity contribution in [3.8, 4) is 11.5 Å². The van der Waals surface area contributed by atoms with Crippen LogP contribution in [0.3, 0.4) is 0 Å². The van der Waals surface area contributed by atoms with Crippen molar-refractivity contribution in [2.75, 3.05) is 32.8 Å². The van der Waals surface area contributed by atoms with E-state index in [4.69, 9.17) is 9.15 Å². The Bertz CT molecular complexity index is 927. The number of aryl methyl sites for hydroxylation is 1. The van der Waals surface area contributed by atoms with Gasteiger partial charge >= 0.3 is 5.84 Å². The number of hydrogen-bond donors (Lipinski definition) is 0. The highest BCUT2D eigenvalue weighted by atomic mass is 16.5. The van der Waals surface area contributed by atoms with Crippen LogP contribution in [-0.4, -0.2) is 52.3 Å². The third-order valence-corrected chi connectivity index (χ3v) is 4.51. The van der Waals surface area contributed by atoms with E-state index in [2.05, 4.69) is 15.0 Å². The van der Waals surface area contributed by atoms with Crippen molar-refractivity contribution in [1.82, 2.24) is 19.5 Å². The molecular weight excluding hydrogens is 320 g/mol. The van der Waals surface area contributed by atoms with Gasteiger partial charge in [0.2, 0.25) is 5.89 Å². The van der Waals surface area contributed by atoms with Gasteiger partial charge in [-0.15, -0.1) is 9.61 Å². The minimum absolute atomic E-state index is 0.151. The van der Waals surface area contributed by atoms with Gasteiger partial charge in [0.15, 0.2) is 0 Å². The van der Waals surface area contributed by atoms with Gasteiger partial charge in [0, 0.05) is 30.8 Å². The highest BCUT2D eigenvalue weighted by molar-refractivity contribution is 5.53. The van der Waals surface area contributed by atoms with Crippen LogP contribution in [0.1, 0.15) is 11.3 Å². The van der Waals surface area contributed by atoms with Crippen molar-refractivity contribution >= 4 is 5.84 Å². The van der Waals surface area contributed by atoms with Gasteiger partial charge in [0.1, 0.15) is 0 Å². The van der Waals surface area contributed by atoms with Crippen LogP contribution in [0, 0.1) is 6.92 Å². The van der Waals surface area contributed by atoms with E-state index in [0.717, 1.165) is 38.4 Å². The van der Waals surface area contributed by atoms with E-state index in [-0.39, 0.29) is 11.4 Å². The summed E-state index contributed by atoms with van der Waals surface area (Å²) in [6.07, 6.45) is 0.647. The summed E-state index contributed by atoms with van der Waals surface area (Å²) in [4.78, 5) is 19.6. The SMILES string of the molecule is Cc1nc2oc(-c3ccccc3)nn2c(=O)c1CCN1CCOCC1. The van der Waals surface area contributed by atoms with Crippen LogP contribution in [0.4, 0.5) is 0 Å². The summed E-state index contributed by atoms with van der Waals surface area (Å²) in [5, 5.41) is 4.32. The van der Waals surface area contributed by atoms with Crippen LogP contribution in [0.15, 0.2) is 39.5 Å². The summed E-state index contributed by atoms with van der Waals surface area (Å²) in [6.45, 7) is 5.96. The maximum absolute atomic E-state index is 12.8. The molecule has 1 aromatic carbocycles. The Balaban J connectivity index is 1.65. The number of hydrogen-bond acceptors (Lipinski definition) is 6. The van der Waals surface area contributed by atoms with E-state index in [0.29, 0.717) is 23.6 Å². The van der Waals surface area contributed by atoms with Crippen LogP contribution in [0.2, 0.25) is 0 Å². The van der Waals surface area contributed by atoms with E-state index in [1.807, 2.05) is 37.3 Å². The second kappa shape index (κ2) is 6.78. The number of ether oxygens (including phenoxy) is 1. The molecule has 7 nitrogen and oxygen atoms in total. The Hall–Kier alpha value is -2.51. The first-order valence-electron chi connectivity index (χ1n) is 8.47. The molecule has 0 saturated carbocycles. The maximum Gasteiger partial charge on any atom is 0.328 e. The van der Waals surface area contributed by atoms with Crippen molar-refractivity contribution < 1.29 is 9.15 Å². The van der Waals surface area contributed by atoms with Crippen LogP contribution in [0.25, 0.3) is 17.3 Å². The molecular formula is C18H20N4O3. The molecule has 1 fully saturated rings. The Morgan fingerprint density at radius 2 is 1.92 bits per heavy atom. The van der Waals surface area contributed by atoms with Gasteiger partial charge in [-0.3, -0.25) is 9.69 Å². The quantitative estimate of drug-likeness (QED) is 0.717. The van der Waals surface area contributed by atoms with E-state index < -0.39 is 0 Å². The van der Waals surface area contributed by atoms with E-state index >= 15 is 0 Å². The lowest BCUT2D eigenvalue weighted by atomic mass is 10.1. The molecule has 0 amide bonds. The monoisotopic (exact) mass is 340 g/mol. The fourth-order valence-electron chi connectivity index (χ4n) is 3.06. The number of benzene rings is 1. The smallest absolute Gasteiger partial charge is 0.328 e. The zero-order valence-corrected chi connectivity index (χ0v) is 14.1. The van der Waals surface area contributed by atoms with Gasteiger partial charge in [0.05, 0.1) is 18.9 Å². The molecule has 0 bridgehead atoms. The molecule has 0 unspecified atom stereocenters. The van der Waals surface area contributed by atoms with Crippen molar-refractivity contribution in [3.63, 3.8) is 0 Å². The third kappa shape index (κ3) is 3.20. The number of morpholine rings is 1. The molecule has 0 radical (unpaired) electrons. The zero-order chi connectivity index (χ0) is 17.2. The van der Waals surface area contributed by atoms with Gasteiger partial charge in [-0.1, -0.05) is 18.2 Å². The van der Waals surface area contributed by atoms with Crippen LogP contribution < -0.4 is 5.56 Å². The average Bonchev–Trinajstić information content (AvgIpc) is 3.07.